The number of hydrazine groups is 1. The van der Waals surface area contributed by atoms with E-state index >= 15 is 0 Å². The molecule has 0 aliphatic heterocycles. The van der Waals surface area contributed by atoms with Crippen LogP contribution in [0, 0.1) is 12.8 Å². The summed E-state index contributed by atoms with van der Waals surface area (Å²) in [7, 11) is 0. The summed E-state index contributed by atoms with van der Waals surface area (Å²) < 4.78 is 1.15. The van der Waals surface area contributed by atoms with Gasteiger partial charge in [-0.05, 0) is 36.5 Å². The number of benzene rings is 1. The second-order valence-electron chi connectivity index (χ2n) is 5.00. The molecule has 0 aliphatic rings. The van der Waals surface area contributed by atoms with Gasteiger partial charge in [0.2, 0.25) is 0 Å². The van der Waals surface area contributed by atoms with Crippen LogP contribution in [0.4, 0.5) is 0 Å². The molecular weight excluding hydrogens is 276 g/mol. The van der Waals surface area contributed by atoms with Crippen molar-refractivity contribution in [3.05, 3.63) is 33.8 Å². The van der Waals surface area contributed by atoms with Crippen LogP contribution in [0.2, 0.25) is 0 Å². The molecular formula is C14H23BrN2. The minimum absolute atomic E-state index is 0.256. The number of nitrogens with one attached hydrogen (secondary N) is 1. The van der Waals surface area contributed by atoms with E-state index in [-0.39, 0.29) is 6.04 Å². The van der Waals surface area contributed by atoms with Crippen molar-refractivity contribution >= 4 is 15.9 Å². The van der Waals surface area contributed by atoms with Gasteiger partial charge >= 0.3 is 0 Å². The smallest absolute Gasteiger partial charge is 0.0463 e. The highest BCUT2D eigenvalue weighted by molar-refractivity contribution is 9.10. The number of hydrogen-bond acceptors (Lipinski definition) is 2. The molecule has 2 nitrogen and oxygen atoms in total. The van der Waals surface area contributed by atoms with Crippen LogP contribution in [-0.2, 0) is 0 Å². The summed E-state index contributed by atoms with van der Waals surface area (Å²) in [5, 5.41) is 0. The van der Waals surface area contributed by atoms with E-state index in [1.165, 1.54) is 24.0 Å². The van der Waals surface area contributed by atoms with Gasteiger partial charge in [0.25, 0.3) is 0 Å². The van der Waals surface area contributed by atoms with Gasteiger partial charge in [-0.15, -0.1) is 0 Å². The molecule has 0 aromatic heterocycles. The fraction of sp³-hybridized carbons (Fsp3) is 0.571. The number of halogens is 1. The van der Waals surface area contributed by atoms with Crippen LogP contribution < -0.4 is 11.3 Å². The largest absolute Gasteiger partial charge is 0.271 e. The molecule has 3 N–H and O–H groups in total. The summed E-state index contributed by atoms with van der Waals surface area (Å²) in [6.07, 6.45) is 3.55. The predicted molar refractivity (Wildman–Crippen MR) is 77.6 cm³/mol. The van der Waals surface area contributed by atoms with Crippen molar-refractivity contribution in [2.24, 2.45) is 11.8 Å². The van der Waals surface area contributed by atoms with Crippen molar-refractivity contribution in [2.75, 3.05) is 0 Å². The Kier molecular flexibility index (Phi) is 6.17. The normalized spacial score (nSPS) is 13.1. The molecule has 0 fully saturated rings. The molecule has 17 heavy (non-hydrogen) atoms. The van der Waals surface area contributed by atoms with E-state index in [4.69, 9.17) is 5.84 Å². The second-order valence-corrected chi connectivity index (χ2v) is 5.85. The molecule has 0 radical (unpaired) electrons. The lowest BCUT2D eigenvalue weighted by Crippen LogP contribution is -2.28. The number of nitrogens with two attached hydrogens (primary N) is 1. The van der Waals surface area contributed by atoms with Gasteiger partial charge in [-0.2, -0.15) is 0 Å². The second kappa shape index (κ2) is 7.14. The molecule has 1 atom stereocenters. The Morgan fingerprint density at radius 3 is 2.59 bits per heavy atom. The number of rotatable bonds is 6. The Balaban J connectivity index is 2.69. The van der Waals surface area contributed by atoms with Crippen molar-refractivity contribution in [1.82, 2.24) is 5.43 Å². The van der Waals surface area contributed by atoms with Gasteiger partial charge in [0.1, 0.15) is 0 Å². The highest BCUT2D eigenvalue weighted by Crippen LogP contribution is 2.27. The van der Waals surface area contributed by atoms with Gasteiger partial charge < -0.3 is 0 Å². The SMILES string of the molecule is Cc1c(Br)cccc1C(CCCC(C)C)NN. The first-order valence-corrected chi connectivity index (χ1v) is 7.06. The lowest BCUT2D eigenvalue weighted by Gasteiger charge is -2.19. The van der Waals surface area contributed by atoms with Crippen LogP contribution in [0.25, 0.3) is 0 Å². The van der Waals surface area contributed by atoms with Crippen molar-refractivity contribution in [3.8, 4) is 0 Å². The first-order valence-electron chi connectivity index (χ1n) is 6.27. The minimum Gasteiger partial charge on any atom is -0.271 e. The molecule has 0 saturated heterocycles. The zero-order chi connectivity index (χ0) is 12.8. The summed E-state index contributed by atoms with van der Waals surface area (Å²) in [4.78, 5) is 0. The zero-order valence-electron chi connectivity index (χ0n) is 11.0. The van der Waals surface area contributed by atoms with Crippen molar-refractivity contribution in [1.29, 1.82) is 0 Å². The molecule has 0 heterocycles. The van der Waals surface area contributed by atoms with Gasteiger partial charge in [-0.3, -0.25) is 11.3 Å². The maximum atomic E-state index is 5.68. The summed E-state index contributed by atoms with van der Waals surface area (Å²) in [5.41, 5.74) is 5.51. The Bertz CT molecular complexity index is 350. The molecule has 3 heteroatoms. The fourth-order valence-electron chi connectivity index (χ4n) is 2.06. The molecule has 0 saturated carbocycles. The summed E-state index contributed by atoms with van der Waals surface area (Å²) in [6.45, 7) is 6.65. The Morgan fingerprint density at radius 1 is 1.29 bits per heavy atom. The maximum absolute atomic E-state index is 5.68. The lowest BCUT2D eigenvalue weighted by atomic mass is 9.95. The molecule has 0 spiro atoms. The van der Waals surface area contributed by atoms with Gasteiger partial charge in [0.05, 0.1) is 0 Å². The van der Waals surface area contributed by atoms with E-state index in [1.54, 1.807) is 0 Å². The van der Waals surface area contributed by atoms with Gasteiger partial charge in [0.15, 0.2) is 0 Å². The monoisotopic (exact) mass is 298 g/mol. The highest BCUT2D eigenvalue weighted by Gasteiger charge is 2.13. The van der Waals surface area contributed by atoms with Crippen LogP contribution >= 0.6 is 15.9 Å². The van der Waals surface area contributed by atoms with E-state index in [1.807, 2.05) is 0 Å². The average molecular weight is 299 g/mol. The molecule has 0 bridgehead atoms. The topological polar surface area (TPSA) is 38.0 Å². The average Bonchev–Trinajstić information content (AvgIpc) is 2.28. The molecule has 0 amide bonds. The van der Waals surface area contributed by atoms with Crippen molar-refractivity contribution < 1.29 is 0 Å². The third-order valence-electron chi connectivity index (χ3n) is 3.16. The van der Waals surface area contributed by atoms with E-state index < -0.39 is 0 Å². The fourth-order valence-corrected chi connectivity index (χ4v) is 2.44. The van der Waals surface area contributed by atoms with Crippen LogP contribution in [-0.4, -0.2) is 0 Å². The van der Waals surface area contributed by atoms with Gasteiger partial charge in [-0.25, -0.2) is 0 Å². The van der Waals surface area contributed by atoms with Crippen molar-refractivity contribution in [2.45, 2.75) is 46.1 Å². The minimum atomic E-state index is 0.256. The first-order chi connectivity index (χ1) is 8.06. The number of hydrogen-bond donors (Lipinski definition) is 2. The molecule has 1 aromatic rings. The van der Waals surface area contributed by atoms with Crippen molar-refractivity contribution in [3.63, 3.8) is 0 Å². The molecule has 1 rings (SSSR count). The Labute approximate surface area is 113 Å². The molecule has 0 aliphatic carbocycles. The molecule has 1 unspecified atom stereocenters. The molecule has 1 aromatic carbocycles. The van der Waals surface area contributed by atoms with Gasteiger partial charge in [-0.1, -0.05) is 54.8 Å². The lowest BCUT2D eigenvalue weighted by molar-refractivity contribution is 0.454. The summed E-state index contributed by atoms with van der Waals surface area (Å²) in [5.74, 6) is 6.44. The Morgan fingerprint density at radius 2 is 2.00 bits per heavy atom. The van der Waals surface area contributed by atoms with Crippen LogP contribution in [0.5, 0.6) is 0 Å². The summed E-state index contributed by atoms with van der Waals surface area (Å²) in [6, 6.07) is 6.55. The summed E-state index contributed by atoms with van der Waals surface area (Å²) >= 11 is 3.57. The standard InChI is InChI=1S/C14H23BrN2/c1-10(2)6-4-9-14(17-16)12-7-5-8-13(15)11(12)3/h5,7-8,10,14,17H,4,6,9,16H2,1-3H3. The predicted octanol–water partition coefficient (Wildman–Crippen LogP) is 4.09. The van der Waals surface area contributed by atoms with Crippen LogP contribution in [0.3, 0.4) is 0 Å². The quantitative estimate of drug-likeness (QED) is 0.613. The van der Waals surface area contributed by atoms with E-state index in [2.05, 4.69) is 60.3 Å². The highest BCUT2D eigenvalue weighted by atomic mass is 79.9. The van der Waals surface area contributed by atoms with Gasteiger partial charge in [0, 0.05) is 10.5 Å². The van der Waals surface area contributed by atoms with E-state index in [9.17, 15) is 0 Å². The van der Waals surface area contributed by atoms with Crippen LogP contribution in [0.1, 0.15) is 50.3 Å². The Hall–Kier alpha value is -0.380. The van der Waals surface area contributed by atoms with E-state index in [0.29, 0.717) is 0 Å². The zero-order valence-corrected chi connectivity index (χ0v) is 12.5. The third kappa shape index (κ3) is 4.41. The maximum Gasteiger partial charge on any atom is 0.0463 e. The van der Waals surface area contributed by atoms with E-state index in [0.717, 1.165) is 16.8 Å². The first kappa shape index (κ1) is 14.7. The third-order valence-corrected chi connectivity index (χ3v) is 4.02. The molecule has 96 valence electrons. The van der Waals surface area contributed by atoms with Crippen LogP contribution in [0.15, 0.2) is 22.7 Å².